The van der Waals surface area contributed by atoms with Gasteiger partial charge in [-0.25, -0.2) is 13.3 Å². The second-order valence-corrected chi connectivity index (χ2v) is 5.16. The zero-order valence-corrected chi connectivity index (χ0v) is 12.2. The van der Waals surface area contributed by atoms with Crippen molar-refractivity contribution in [2.45, 2.75) is 0 Å². The predicted molar refractivity (Wildman–Crippen MR) is 84.4 cm³/mol. The van der Waals surface area contributed by atoms with Crippen LogP contribution in [-0.4, -0.2) is 19.8 Å². The van der Waals surface area contributed by atoms with Crippen molar-refractivity contribution < 1.29 is 8.78 Å². The molecule has 5 nitrogen and oxygen atoms in total. The first-order valence-corrected chi connectivity index (χ1v) is 7.13. The van der Waals surface area contributed by atoms with Crippen LogP contribution in [0.25, 0.3) is 28.0 Å². The van der Waals surface area contributed by atoms with Crippen molar-refractivity contribution in [3.8, 4) is 22.5 Å². The summed E-state index contributed by atoms with van der Waals surface area (Å²) in [6.07, 6.45) is 1.34. The Morgan fingerprint density at radius 2 is 1.54 bits per heavy atom. The summed E-state index contributed by atoms with van der Waals surface area (Å²) in [7, 11) is 0. The van der Waals surface area contributed by atoms with E-state index < -0.39 is 17.2 Å². The monoisotopic (exact) mass is 324 g/mol. The first-order valence-electron chi connectivity index (χ1n) is 7.13. The SMILES string of the molecule is O=c1[nH]n2c(-c3ccccc3F)nncc2c1-c1ccccc1F. The van der Waals surface area contributed by atoms with Crippen LogP contribution in [0.3, 0.4) is 0 Å². The van der Waals surface area contributed by atoms with Crippen molar-refractivity contribution in [2.24, 2.45) is 0 Å². The fourth-order valence-electron chi connectivity index (χ4n) is 2.66. The van der Waals surface area contributed by atoms with E-state index in [1.165, 1.54) is 41.0 Å². The van der Waals surface area contributed by atoms with E-state index in [0.717, 1.165) is 0 Å². The normalized spacial score (nSPS) is 11.1. The Morgan fingerprint density at radius 3 is 2.21 bits per heavy atom. The Hall–Kier alpha value is -3.35. The predicted octanol–water partition coefficient (Wildman–Crippen LogP) is 3.03. The molecule has 0 atom stereocenters. The molecule has 1 N–H and O–H groups in total. The molecule has 24 heavy (non-hydrogen) atoms. The zero-order valence-electron chi connectivity index (χ0n) is 12.2. The third-order valence-electron chi connectivity index (χ3n) is 3.74. The highest BCUT2D eigenvalue weighted by molar-refractivity contribution is 5.80. The van der Waals surface area contributed by atoms with Crippen LogP contribution in [0.15, 0.2) is 59.5 Å². The van der Waals surface area contributed by atoms with Gasteiger partial charge in [-0.15, -0.1) is 5.10 Å². The highest BCUT2D eigenvalue weighted by Gasteiger charge is 2.19. The number of benzene rings is 2. The number of hydrogen-bond donors (Lipinski definition) is 1. The summed E-state index contributed by atoms with van der Waals surface area (Å²) in [4.78, 5) is 12.4. The average molecular weight is 324 g/mol. The van der Waals surface area contributed by atoms with Crippen LogP contribution in [0.2, 0.25) is 0 Å². The molecule has 0 bridgehead atoms. The summed E-state index contributed by atoms with van der Waals surface area (Å²) in [5.74, 6) is -0.896. The molecule has 0 fully saturated rings. The van der Waals surface area contributed by atoms with Gasteiger partial charge < -0.3 is 0 Å². The van der Waals surface area contributed by atoms with Gasteiger partial charge in [0.15, 0.2) is 5.82 Å². The van der Waals surface area contributed by atoms with Crippen LogP contribution in [0.5, 0.6) is 0 Å². The molecule has 0 spiro atoms. The van der Waals surface area contributed by atoms with Gasteiger partial charge in [0.2, 0.25) is 0 Å². The maximum atomic E-state index is 14.1. The summed E-state index contributed by atoms with van der Waals surface area (Å²) in [6.45, 7) is 0. The molecule has 0 aliphatic carbocycles. The largest absolute Gasteiger partial charge is 0.273 e. The van der Waals surface area contributed by atoms with Crippen LogP contribution >= 0.6 is 0 Å². The average Bonchev–Trinajstić information content (AvgIpc) is 2.92. The lowest BCUT2D eigenvalue weighted by Crippen LogP contribution is -2.05. The van der Waals surface area contributed by atoms with E-state index in [1.807, 2.05) is 0 Å². The van der Waals surface area contributed by atoms with Gasteiger partial charge in [0.1, 0.15) is 11.6 Å². The summed E-state index contributed by atoms with van der Waals surface area (Å²) >= 11 is 0. The molecule has 0 radical (unpaired) electrons. The molecule has 2 aromatic carbocycles. The lowest BCUT2D eigenvalue weighted by molar-refractivity contribution is 0.628. The Balaban J connectivity index is 2.06. The standard InChI is InChI=1S/C17H10F2N4O/c18-12-7-3-1-5-10(12)15-14-9-20-21-16(23(14)22-17(15)24)11-6-2-4-8-13(11)19/h1-9H,(H,22,24). The van der Waals surface area contributed by atoms with Crippen molar-refractivity contribution in [1.82, 2.24) is 19.8 Å². The minimum Gasteiger partial charge on any atom is -0.267 e. The third-order valence-corrected chi connectivity index (χ3v) is 3.74. The maximum absolute atomic E-state index is 14.1. The molecule has 4 aromatic rings. The molecule has 0 unspecified atom stereocenters. The smallest absolute Gasteiger partial charge is 0.267 e. The minimum atomic E-state index is -0.527. The molecule has 0 amide bonds. The fourth-order valence-corrected chi connectivity index (χ4v) is 2.66. The number of hydrogen-bond acceptors (Lipinski definition) is 3. The van der Waals surface area contributed by atoms with Crippen molar-refractivity contribution in [3.63, 3.8) is 0 Å². The summed E-state index contributed by atoms with van der Waals surface area (Å²) in [5, 5.41) is 10.3. The third kappa shape index (κ3) is 2.10. The number of aromatic nitrogens is 4. The van der Waals surface area contributed by atoms with Gasteiger partial charge in [-0.2, -0.15) is 5.10 Å². The molecule has 0 saturated heterocycles. The molecule has 0 aliphatic heterocycles. The lowest BCUT2D eigenvalue weighted by Gasteiger charge is -2.05. The first-order chi connectivity index (χ1) is 11.7. The minimum absolute atomic E-state index is 0.126. The zero-order chi connectivity index (χ0) is 16.7. The van der Waals surface area contributed by atoms with E-state index >= 15 is 0 Å². The van der Waals surface area contributed by atoms with E-state index in [9.17, 15) is 13.6 Å². The number of fused-ring (bicyclic) bond motifs is 1. The van der Waals surface area contributed by atoms with Gasteiger partial charge >= 0.3 is 0 Å². The van der Waals surface area contributed by atoms with E-state index in [-0.39, 0.29) is 22.5 Å². The van der Waals surface area contributed by atoms with Crippen LogP contribution in [0.4, 0.5) is 8.78 Å². The molecule has 118 valence electrons. The summed E-state index contributed by atoms with van der Waals surface area (Å²) in [5.41, 5.74) is 0.266. The highest BCUT2D eigenvalue weighted by atomic mass is 19.1. The van der Waals surface area contributed by atoms with Crippen LogP contribution < -0.4 is 5.56 Å². The lowest BCUT2D eigenvalue weighted by atomic mass is 10.1. The molecule has 2 heterocycles. The second kappa shape index (κ2) is 5.38. The quantitative estimate of drug-likeness (QED) is 0.616. The Labute approximate surface area is 134 Å². The van der Waals surface area contributed by atoms with E-state index in [2.05, 4.69) is 15.3 Å². The van der Waals surface area contributed by atoms with Gasteiger partial charge in [0, 0.05) is 5.56 Å². The van der Waals surface area contributed by atoms with Gasteiger partial charge in [0.05, 0.1) is 22.8 Å². The van der Waals surface area contributed by atoms with E-state index in [4.69, 9.17) is 0 Å². The van der Waals surface area contributed by atoms with Crippen LogP contribution in [0, 0.1) is 11.6 Å². The van der Waals surface area contributed by atoms with Crippen LogP contribution in [0.1, 0.15) is 0 Å². The molecule has 4 rings (SSSR count). The number of aromatic amines is 1. The van der Waals surface area contributed by atoms with Crippen molar-refractivity contribution in [3.05, 3.63) is 76.7 Å². The van der Waals surface area contributed by atoms with E-state index in [0.29, 0.717) is 5.52 Å². The molecule has 0 saturated carbocycles. The fraction of sp³-hybridized carbons (Fsp3) is 0. The molecular weight excluding hydrogens is 314 g/mol. The number of halogens is 2. The Morgan fingerprint density at radius 1 is 0.917 bits per heavy atom. The number of rotatable bonds is 2. The van der Waals surface area contributed by atoms with Crippen molar-refractivity contribution >= 4 is 5.52 Å². The van der Waals surface area contributed by atoms with Gasteiger partial charge in [0.25, 0.3) is 5.56 Å². The molecule has 0 aliphatic rings. The van der Waals surface area contributed by atoms with Crippen molar-refractivity contribution in [1.29, 1.82) is 0 Å². The van der Waals surface area contributed by atoms with Gasteiger partial charge in [-0.1, -0.05) is 30.3 Å². The Kier molecular flexibility index (Phi) is 3.19. The highest BCUT2D eigenvalue weighted by Crippen LogP contribution is 2.26. The van der Waals surface area contributed by atoms with Gasteiger partial charge in [-0.3, -0.25) is 9.89 Å². The molecule has 7 heteroatoms. The van der Waals surface area contributed by atoms with Crippen molar-refractivity contribution in [2.75, 3.05) is 0 Å². The summed E-state index contributed by atoms with van der Waals surface area (Å²) < 4.78 is 29.5. The summed E-state index contributed by atoms with van der Waals surface area (Å²) in [6, 6.07) is 12.0. The van der Waals surface area contributed by atoms with Gasteiger partial charge in [-0.05, 0) is 18.2 Å². The topological polar surface area (TPSA) is 63.0 Å². The Bertz CT molecular complexity index is 1120. The number of nitrogens with zero attached hydrogens (tertiary/aromatic N) is 3. The maximum Gasteiger partial charge on any atom is 0.273 e. The first kappa shape index (κ1) is 14.3. The number of H-pyrrole nitrogens is 1. The second-order valence-electron chi connectivity index (χ2n) is 5.16. The molecular formula is C17H10F2N4O. The van der Waals surface area contributed by atoms with Crippen LogP contribution in [-0.2, 0) is 0 Å². The van der Waals surface area contributed by atoms with E-state index in [1.54, 1.807) is 18.2 Å². The number of nitrogens with one attached hydrogen (secondary N) is 1. The molecule has 2 aromatic heterocycles.